The zero-order chi connectivity index (χ0) is 11.5. The van der Waals surface area contributed by atoms with Gasteiger partial charge in [-0.3, -0.25) is 0 Å². The van der Waals surface area contributed by atoms with Crippen LogP contribution < -0.4 is 0 Å². The van der Waals surface area contributed by atoms with Crippen LogP contribution in [0.3, 0.4) is 0 Å². The van der Waals surface area contributed by atoms with Crippen molar-refractivity contribution >= 4 is 6.21 Å². The van der Waals surface area contributed by atoms with E-state index in [1.165, 1.54) is 17.3 Å². The number of rotatable bonds is 2. The number of oxime groups is 1. The van der Waals surface area contributed by atoms with E-state index < -0.39 is 0 Å². The molecule has 0 saturated carbocycles. The van der Waals surface area contributed by atoms with Crippen molar-refractivity contribution in [2.45, 2.75) is 13.8 Å². The molecule has 0 fully saturated rings. The molecule has 0 atom stereocenters. The van der Waals surface area contributed by atoms with Crippen LogP contribution in [0.25, 0.3) is 11.3 Å². The Morgan fingerprint density at radius 3 is 2.69 bits per heavy atom. The van der Waals surface area contributed by atoms with Crippen LogP contribution >= 0.6 is 0 Å². The molecule has 0 aliphatic carbocycles. The quantitative estimate of drug-likeness (QED) is 0.474. The Labute approximate surface area is 94.0 Å². The molecule has 0 bridgehead atoms. The molecule has 1 aromatic carbocycles. The van der Waals surface area contributed by atoms with Crippen molar-refractivity contribution in [2.75, 3.05) is 0 Å². The number of nitrogens with zero attached hydrogens (tertiary/aromatic N) is 1. The molecule has 0 aliphatic heterocycles. The highest BCUT2D eigenvalue weighted by molar-refractivity contribution is 5.77. The van der Waals surface area contributed by atoms with Gasteiger partial charge in [-0.2, -0.15) is 0 Å². The lowest BCUT2D eigenvalue weighted by molar-refractivity contribution is 0.321. The highest BCUT2D eigenvalue weighted by Crippen LogP contribution is 2.25. The summed E-state index contributed by atoms with van der Waals surface area (Å²) < 4.78 is 5.52. The lowest BCUT2D eigenvalue weighted by Crippen LogP contribution is -1.82. The Morgan fingerprint density at radius 2 is 2.00 bits per heavy atom. The molecule has 82 valence electrons. The van der Waals surface area contributed by atoms with E-state index in [1.807, 2.05) is 25.1 Å². The molecule has 1 heterocycles. The summed E-state index contributed by atoms with van der Waals surface area (Å²) in [5, 5.41) is 11.3. The molecule has 2 rings (SSSR count). The summed E-state index contributed by atoms with van der Waals surface area (Å²) in [6, 6.07) is 9.83. The van der Waals surface area contributed by atoms with Gasteiger partial charge in [0.05, 0.1) is 0 Å². The minimum Gasteiger partial charge on any atom is -0.455 e. The number of furan rings is 1. The molecule has 0 radical (unpaired) electrons. The Bertz CT molecular complexity index is 526. The van der Waals surface area contributed by atoms with E-state index in [9.17, 15) is 0 Å². The summed E-state index contributed by atoms with van der Waals surface area (Å²) in [6.45, 7) is 4.10. The fourth-order valence-corrected chi connectivity index (χ4v) is 1.71. The Morgan fingerprint density at radius 1 is 1.19 bits per heavy atom. The lowest BCUT2D eigenvalue weighted by Gasteiger charge is -2.03. The third kappa shape index (κ3) is 1.98. The fourth-order valence-electron chi connectivity index (χ4n) is 1.71. The maximum atomic E-state index is 8.40. The van der Waals surface area contributed by atoms with Gasteiger partial charge in [0, 0.05) is 5.56 Å². The third-order valence-electron chi connectivity index (χ3n) is 2.46. The molecule has 3 nitrogen and oxygen atoms in total. The first-order valence-electron chi connectivity index (χ1n) is 5.05. The van der Waals surface area contributed by atoms with E-state index in [4.69, 9.17) is 9.62 Å². The van der Waals surface area contributed by atoms with Crippen LogP contribution in [-0.2, 0) is 0 Å². The van der Waals surface area contributed by atoms with Crippen molar-refractivity contribution in [3.05, 3.63) is 47.2 Å². The first-order chi connectivity index (χ1) is 7.70. The van der Waals surface area contributed by atoms with Gasteiger partial charge >= 0.3 is 0 Å². The zero-order valence-electron chi connectivity index (χ0n) is 9.27. The number of hydrogen-bond acceptors (Lipinski definition) is 3. The summed E-state index contributed by atoms with van der Waals surface area (Å²) in [7, 11) is 0. The molecule has 0 saturated heterocycles. The Balaban J connectivity index is 2.42. The van der Waals surface area contributed by atoms with Gasteiger partial charge in [-0.1, -0.05) is 28.9 Å². The summed E-state index contributed by atoms with van der Waals surface area (Å²) in [5.74, 6) is 1.32. The van der Waals surface area contributed by atoms with Gasteiger partial charge < -0.3 is 9.62 Å². The topological polar surface area (TPSA) is 45.7 Å². The second kappa shape index (κ2) is 4.23. The van der Waals surface area contributed by atoms with E-state index >= 15 is 0 Å². The van der Waals surface area contributed by atoms with E-state index in [-0.39, 0.29) is 0 Å². The molecule has 1 N–H and O–H groups in total. The van der Waals surface area contributed by atoms with Gasteiger partial charge in [-0.05, 0) is 31.5 Å². The van der Waals surface area contributed by atoms with Crippen LogP contribution in [0.1, 0.15) is 16.9 Å². The van der Waals surface area contributed by atoms with Crippen molar-refractivity contribution in [1.29, 1.82) is 0 Å². The first-order valence-corrected chi connectivity index (χ1v) is 5.05. The smallest absolute Gasteiger partial charge is 0.149 e. The third-order valence-corrected chi connectivity index (χ3v) is 2.46. The van der Waals surface area contributed by atoms with Crippen molar-refractivity contribution in [2.24, 2.45) is 5.16 Å². The summed E-state index contributed by atoms with van der Waals surface area (Å²) >= 11 is 0. The molecule has 0 unspecified atom stereocenters. The first kappa shape index (κ1) is 10.5. The van der Waals surface area contributed by atoms with Crippen LogP contribution in [0.5, 0.6) is 0 Å². The normalized spacial score (nSPS) is 11.1. The Hall–Kier alpha value is -2.03. The predicted molar refractivity (Wildman–Crippen MR) is 63.0 cm³/mol. The van der Waals surface area contributed by atoms with Gasteiger partial charge in [0.1, 0.15) is 17.7 Å². The van der Waals surface area contributed by atoms with Gasteiger partial charge in [-0.15, -0.1) is 0 Å². The molecule has 3 heteroatoms. The minimum absolute atomic E-state index is 0.539. The van der Waals surface area contributed by atoms with Gasteiger partial charge in [0.25, 0.3) is 0 Å². The molecule has 0 aliphatic rings. The second-order valence-electron chi connectivity index (χ2n) is 3.76. The van der Waals surface area contributed by atoms with Crippen molar-refractivity contribution in [1.82, 2.24) is 0 Å². The van der Waals surface area contributed by atoms with Crippen LogP contribution in [0.2, 0.25) is 0 Å². The number of hydrogen-bond donors (Lipinski definition) is 1. The highest BCUT2D eigenvalue weighted by Gasteiger charge is 2.06. The van der Waals surface area contributed by atoms with Crippen molar-refractivity contribution < 1.29 is 9.62 Å². The van der Waals surface area contributed by atoms with E-state index in [0.29, 0.717) is 5.76 Å². The predicted octanol–water partition coefficient (Wildman–Crippen LogP) is 3.37. The van der Waals surface area contributed by atoms with Crippen molar-refractivity contribution in [3.8, 4) is 11.3 Å². The van der Waals surface area contributed by atoms with E-state index in [0.717, 1.165) is 11.3 Å². The molecule has 0 amide bonds. The maximum Gasteiger partial charge on any atom is 0.149 e. The van der Waals surface area contributed by atoms with Gasteiger partial charge in [0.15, 0.2) is 0 Å². The van der Waals surface area contributed by atoms with Crippen LogP contribution in [0.15, 0.2) is 39.9 Å². The second-order valence-corrected chi connectivity index (χ2v) is 3.76. The molecule has 16 heavy (non-hydrogen) atoms. The highest BCUT2D eigenvalue weighted by atomic mass is 16.4. The Kier molecular flexibility index (Phi) is 2.77. The molecule has 0 spiro atoms. The SMILES string of the molecule is Cc1ccc(-c2ccc(/C=N/O)o2)c(C)c1. The maximum absolute atomic E-state index is 8.40. The summed E-state index contributed by atoms with van der Waals surface area (Å²) in [5.41, 5.74) is 3.45. The van der Waals surface area contributed by atoms with Crippen molar-refractivity contribution in [3.63, 3.8) is 0 Å². The monoisotopic (exact) mass is 215 g/mol. The van der Waals surface area contributed by atoms with Gasteiger partial charge in [0.2, 0.25) is 0 Å². The van der Waals surface area contributed by atoms with E-state index in [1.54, 1.807) is 6.07 Å². The average molecular weight is 215 g/mol. The number of aryl methyl sites for hydroxylation is 2. The standard InChI is InChI=1S/C13H13NO2/c1-9-3-5-12(10(2)7-9)13-6-4-11(16-13)8-14-15/h3-8,15H,1-2H3/b14-8+. The lowest BCUT2D eigenvalue weighted by atomic mass is 10.0. The molecule has 1 aromatic heterocycles. The van der Waals surface area contributed by atoms with E-state index in [2.05, 4.69) is 18.1 Å². The van der Waals surface area contributed by atoms with Gasteiger partial charge in [-0.25, -0.2) is 0 Å². The largest absolute Gasteiger partial charge is 0.455 e. The fraction of sp³-hybridized carbons (Fsp3) is 0.154. The minimum atomic E-state index is 0.539. The van der Waals surface area contributed by atoms with Crippen LogP contribution in [0.4, 0.5) is 0 Å². The average Bonchev–Trinajstić information content (AvgIpc) is 2.67. The molecule has 2 aromatic rings. The van der Waals surface area contributed by atoms with Crippen LogP contribution in [0, 0.1) is 13.8 Å². The number of benzene rings is 1. The molecular weight excluding hydrogens is 202 g/mol. The summed E-state index contributed by atoms with van der Waals surface area (Å²) in [4.78, 5) is 0. The van der Waals surface area contributed by atoms with Crippen LogP contribution in [-0.4, -0.2) is 11.4 Å². The summed E-state index contributed by atoms with van der Waals surface area (Å²) in [6.07, 6.45) is 1.27. The zero-order valence-corrected chi connectivity index (χ0v) is 9.27. The molecular formula is C13H13NO2.